The van der Waals surface area contributed by atoms with Crippen LogP contribution in [-0.4, -0.2) is 81.0 Å². The number of hydrogen-bond acceptors (Lipinski definition) is 3. The second-order valence-electron chi connectivity index (χ2n) is 8.33. The van der Waals surface area contributed by atoms with Gasteiger partial charge in [0.05, 0.1) is 19.2 Å². The normalized spacial score (nSPS) is 20.4. The molecule has 1 fully saturated rings. The number of ether oxygens (including phenoxy) is 1. The van der Waals surface area contributed by atoms with E-state index in [1.165, 1.54) is 4.90 Å². The first kappa shape index (κ1) is 24.0. The van der Waals surface area contributed by atoms with Crippen molar-refractivity contribution < 1.29 is 17.9 Å². The van der Waals surface area contributed by atoms with E-state index in [2.05, 4.69) is 31.0 Å². The second-order valence-corrected chi connectivity index (χ2v) is 8.33. The summed E-state index contributed by atoms with van der Waals surface area (Å²) in [5, 5.41) is 3.31. The van der Waals surface area contributed by atoms with E-state index < -0.39 is 12.7 Å². The SMILES string of the molecule is CCNC(=NCC(OC)C(C)(C)C)N1CCC(CN(CC)CC(F)(F)F)C1. The number of aliphatic imine (C=N–C) groups is 1. The van der Waals surface area contributed by atoms with Crippen molar-refractivity contribution in [3.05, 3.63) is 0 Å². The van der Waals surface area contributed by atoms with Crippen molar-refractivity contribution in [1.29, 1.82) is 0 Å². The van der Waals surface area contributed by atoms with Crippen molar-refractivity contribution in [3.63, 3.8) is 0 Å². The first-order valence-electron chi connectivity index (χ1n) is 9.85. The maximum atomic E-state index is 12.7. The summed E-state index contributed by atoms with van der Waals surface area (Å²) >= 11 is 0. The van der Waals surface area contributed by atoms with Crippen LogP contribution in [0, 0.1) is 11.3 Å². The largest absolute Gasteiger partial charge is 0.401 e. The molecule has 1 heterocycles. The molecular weight excluding hydrogens is 357 g/mol. The Bertz CT molecular complexity index is 463. The number of halogens is 3. The Kier molecular flexibility index (Phi) is 9.34. The van der Waals surface area contributed by atoms with Crippen molar-refractivity contribution in [2.45, 2.75) is 53.3 Å². The minimum absolute atomic E-state index is 0.00641. The Morgan fingerprint density at radius 1 is 1.30 bits per heavy atom. The molecule has 0 radical (unpaired) electrons. The topological polar surface area (TPSA) is 40.1 Å². The molecule has 160 valence electrons. The van der Waals surface area contributed by atoms with Gasteiger partial charge in [0.15, 0.2) is 5.96 Å². The zero-order valence-electron chi connectivity index (χ0n) is 17.7. The summed E-state index contributed by atoms with van der Waals surface area (Å²) < 4.78 is 43.6. The van der Waals surface area contributed by atoms with E-state index in [4.69, 9.17) is 9.73 Å². The van der Waals surface area contributed by atoms with Crippen LogP contribution in [0.15, 0.2) is 4.99 Å². The molecular formula is C19H37F3N4O. The predicted molar refractivity (Wildman–Crippen MR) is 104 cm³/mol. The summed E-state index contributed by atoms with van der Waals surface area (Å²) in [6, 6.07) is 0. The van der Waals surface area contributed by atoms with E-state index in [1.807, 2.05) is 6.92 Å². The highest BCUT2D eigenvalue weighted by Gasteiger charge is 2.33. The molecule has 1 saturated heterocycles. The molecule has 2 unspecified atom stereocenters. The van der Waals surface area contributed by atoms with Crippen molar-refractivity contribution in [2.24, 2.45) is 16.3 Å². The van der Waals surface area contributed by atoms with Crippen LogP contribution >= 0.6 is 0 Å². The third-order valence-corrected chi connectivity index (χ3v) is 4.94. The summed E-state index contributed by atoms with van der Waals surface area (Å²) in [5.41, 5.74) is -0.0116. The van der Waals surface area contributed by atoms with Gasteiger partial charge in [0.2, 0.25) is 0 Å². The van der Waals surface area contributed by atoms with Gasteiger partial charge in [0.1, 0.15) is 0 Å². The Balaban J connectivity index is 2.69. The highest BCUT2D eigenvalue weighted by atomic mass is 19.4. The van der Waals surface area contributed by atoms with Crippen LogP contribution in [0.4, 0.5) is 13.2 Å². The molecule has 0 amide bonds. The standard InChI is InChI=1S/C19H37F3N4O/c1-7-23-17(24-11-16(27-6)18(3,4)5)26-10-9-15(13-26)12-25(8-2)14-19(20,21)22/h15-16H,7-14H2,1-6H3,(H,23,24). The lowest BCUT2D eigenvalue weighted by Crippen LogP contribution is -2.42. The van der Waals surface area contributed by atoms with Gasteiger partial charge in [-0.15, -0.1) is 0 Å². The summed E-state index contributed by atoms with van der Waals surface area (Å²) in [7, 11) is 1.70. The highest BCUT2D eigenvalue weighted by molar-refractivity contribution is 5.80. The molecule has 0 aromatic carbocycles. The van der Waals surface area contributed by atoms with Crippen LogP contribution in [0.2, 0.25) is 0 Å². The minimum Gasteiger partial charge on any atom is -0.379 e. The monoisotopic (exact) mass is 394 g/mol. The van der Waals surface area contributed by atoms with Crippen molar-refractivity contribution in [1.82, 2.24) is 15.1 Å². The lowest BCUT2D eigenvalue weighted by molar-refractivity contribution is -0.146. The molecule has 5 nitrogen and oxygen atoms in total. The van der Waals surface area contributed by atoms with Gasteiger partial charge < -0.3 is 15.0 Å². The Morgan fingerprint density at radius 3 is 2.44 bits per heavy atom. The smallest absolute Gasteiger partial charge is 0.379 e. The van der Waals surface area contributed by atoms with E-state index in [9.17, 15) is 13.2 Å². The molecule has 2 atom stereocenters. The van der Waals surface area contributed by atoms with Gasteiger partial charge in [-0.05, 0) is 31.2 Å². The van der Waals surface area contributed by atoms with Gasteiger partial charge in [-0.3, -0.25) is 9.89 Å². The van der Waals surface area contributed by atoms with Gasteiger partial charge in [-0.25, -0.2) is 0 Å². The fourth-order valence-electron chi connectivity index (χ4n) is 3.40. The number of methoxy groups -OCH3 is 1. The fraction of sp³-hybridized carbons (Fsp3) is 0.947. The van der Waals surface area contributed by atoms with Gasteiger partial charge in [0, 0.05) is 33.3 Å². The van der Waals surface area contributed by atoms with Gasteiger partial charge >= 0.3 is 6.18 Å². The number of hydrogen-bond donors (Lipinski definition) is 1. The first-order chi connectivity index (χ1) is 12.5. The lowest BCUT2D eigenvalue weighted by Gasteiger charge is -2.29. The number of nitrogens with zero attached hydrogens (tertiary/aromatic N) is 3. The molecule has 8 heteroatoms. The molecule has 0 aromatic heterocycles. The number of likely N-dealkylation sites (tertiary alicyclic amines) is 1. The van der Waals surface area contributed by atoms with Crippen molar-refractivity contribution in [2.75, 3.05) is 52.9 Å². The number of guanidine groups is 1. The van der Waals surface area contributed by atoms with Crippen LogP contribution in [0.5, 0.6) is 0 Å². The summed E-state index contributed by atoms with van der Waals surface area (Å²) in [6.07, 6.45) is -3.26. The molecule has 1 aliphatic rings. The van der Waals surface area contributed by atoms with E-state index in [0.29, 0.717) is 19.6 Å². The van der Waals surface area contributed by atoms with E-state index in [0.717, 1.165) is 32.0 Å². The van der Waals surface area contributed by atoms with Gasteiger partial charge in [0.25, 0.3) is 0 Å². The molecule has 0 aliphatic carbocycles. The average molecular weight is 395 g/mol. The zero-order valence-corrected chi connectivity index (χ0v) is 17.7. The predicted octanol–water partition coefficient (Wildman–Crippen LogP) is 3.22. The molecule has 0 saturated carbocycles. The average Bonchev–Trinajstić information content (AvgIpc) is 2.99. The maximum absolute atomic E-state index is 12.7. The second kappa shape index (κ2) is 10.5. The van der Waals surface area contributed by atoms with Crippen LogP contribution < -0.4 is 5.32 Å². The van der Waals surface area contributed by atoms with E-state index in [1.54, 1.807) is 14.0 Å². The number of rotatable bonds is 8. The lowest BCUT2D eigenvalue weighted by atomic mass is 9.89. The summed E-state index contributed by atoms with van der Waals surface area (Å²) in [4.78, 5) is 8.38. The van der Waals surface area contributed by atoms with Crippen LogP contribution in [-0.2, 0) is 4.74 Å². The molecule has 0 bridgehead atoms. The quantitative estimate of drug-likeness (QED) is 0.507. The number of alkyl halides is 3. The third kappa shape index (κ3) is 8.68. The summed E-state index contributed by atoms with van der Waals surface area (Å²) in [6.45, 7) is 13.0. The molecule has 27 heavy (non-hydrogen) atoms. The first-order valence-corrected chi connectivity index (χ1v) is 9.85. The zero-order chi connectivity index (χ0) is 20.7. The molecule has 1 aliphatic heterocycles. The Hall–Kier alpha value is -1.02. The van der Waals surface area contributed by atoms with E-state index >= 15 is 0 Å². The van der Waals surface area contributed by atoms with Crippen LogP contribution in [0.1, 0.15) is 41.0 Å². The van der Waals surface area contributed by atoms with Crippen LogP contribution in [0.3, 0.4) is 0 Å². The number of nitrogens with one attached hydrogen (secondary N) is 1. The molecule has 0 spiro atoms. The van der Waals surface area contributed by atoms with Crippen molar-refractivity contribution in [3.8, 4) is 0 Å². The highest BCUT2D eigenvalue weighted by Crippen LogP contribution is 2.23. The Labute approximate surface area is 162 Å². The Morgan fingerprint density at radius 2 is 1.96 bits per heavy atom. The molecule has 1 rings (SSSR count). The van der Waals surface area contributed by atoms with Crippen LogP contribution in [0.25, 0.3) is 0 Å². The third-order valence-electron chi connectivity index (χ3n) is 4.94. The molecule has 1 N–H and O–H groups in total. The van der Waals surface area contributed by atoms with Crippen molar-refractivity contribution >= 4 is 5.96 Å². The molecule has 0 aromatic rings. The van der Waals surface area contributed by atoms with Gasteiger partial charge in [-0.2, -0.15) is 13.2 Å². The van der Waals surface area contributed by atoms with E-state index in [-0.39, 0.29) is 17.4 Å². The summed E-state index contributed by atoms with van der Waals surface area (Å²) in [5.74, 6) is 1.04. The fourth-order valence-corrected chi connectivity index (χ4v) is 3.40. The minimum atomic E-state index is -4.15. The van der Waals surface area contributed by atoms with Gasteiger partial charge in [-0.1, -0.05) is 27.7 Å². The maximum Gasteiger partial charge on any atom is 0.401 e.